The van der Waals surface area contributed by atoms with Crippen LogP contribution in [0.2, 0.25) is 0 Å². The number of anilines is 1. The van der Waals surface area contributed by atoms with E-state index in [2.05, 4.69) is 9.88 Å². The Morgan fingerprint density at radius 3 is 3.25 bits per heavy atom. The average Bonchev–Trinajstić information content (AvgIpc) is 2.78. The zero-order valence-corrected chi connectivity index (χ0v) is 9.72. The van der Waals surface area contributed by atoms with Crippen LogP contribution in [-0.2, 0) is 0 Å². The minimum absolute atomic E-state index is 0.680. The van der Waals surface area contributed by atoms with Crippen molar-refractivity contribution in [2.75, 3.05) is 31.6 Å². The Balaban J connectivity index is 2.02. The Morgan fingerprint density at radius 1 is 1.62 bits per heavy atom. The van der Waals surface area contributed by atoms with Crippen LogP contribution in [0.3, 0.4) is 0 Å². The van der Waals surface area contributed by atoms with Crippen molar-refractivity contribution in [1.29, 1.82) is 0 Å². The van der Waals surface area contributed by atoms with E-state index < -0.39 is 0 Å². The molecule has 0 radical (unpaired) electrons. The molecular formula is C12H19N3O. The summed E-state index contributed by atoms with van der Waals surface area (Å²) >= 11 is 0. The molecule has 1 aromatic heterocycles. The van der Waals surface area contributed by atoms with Gasteiger partial charge in [-0.1, -0.05) is 0 Å². The van der Waals surface area contributed by atoms with Crippen molar-refractivity contribution in [1.82, 2.24) is 4.98 Å². The number of hydrogen-bond acceptors (Lipinski definition) is 4. The third kappa shape index (κ3) is 2.44. The van der Waals surface area contributed by atoms with E-state index in [9.17, 15) is 0 Å². The Bertz CT molecular complexity index is 343. The molecule has 1 aliphatic heterocycles. The third-order valence-corrected chi connectivity index (χ3v) is 3.15. The number of aromatic nitrogens is 1. The molecule has 0 aromatic carbocycles. The maximum absolute atomic E-state index is 5.59. The van der Waals surface area contributed by atoms with Gasteiger partial charge < -0.3 is 15.4 Å². The number of hydrogen-bond donors (Lipinski definition) is 1. The van der Waals surface area contributed by atoms with Gasteiger partial charge in [0.25, 0.3) is 0 Å². The largest absolute Gasteiger partial charge is 0.481 e. The van der Waals surface area contributed by atoms with Crippen LogP contribution in [0.5, 0.6) is 5.88 Å². The predicted molar refractivity (Wildman–Crippen MR) is 64.8 cm³/mol. The number of nitrogens with two attached hydrogens (primary N) is 1. The lowest BCUT2D eigenvalue weighted by Gasteiger charge is -2.18. The number of nitrogens with zero attached hydrogens (tertiary/aromatic N) is 2. The standard InChI is InChI=1S/C12H19N3O/c1-16-12-8-11(3-6-14-12)15-7-4-10(9-15)2-5-13/h3,6,8,10H,2,4-5,7,9,13H2,1H3. The van der Waals surface area contributed by atoms with Crippen LogP contribution in [0.4, 0.5) is 5.69 Å². The van der Waals surface area contributed by atoms with Crippen molar-refractivity contribution in [3.63, 3.8) is 0 Å². The van der Waals surface area contributed by atoms with Gasteiger partial charge in [-0.2, -0.15) is 0 Å². The van der Waals surface area contributed by atoms with Gasteiger partial charge in [0.05, 0.1) is 7.11 Å². The molecular weight excluding hydrogens is 202 g/mol. The quantitative estimate of drug-likeness (QED) is 0.831. The summed E-state index contributed by atoms with van der Waals surface area (Å²) in [5.41, 5.74) is 6.79. The van der Waals surface area contributed by atoms with Gasteiger partial charge in [-0.15, -0.1) is 0 Å². The number of methoxy groups -OCH3 is 1. The summed E-state index contributed by atoms with van der Waals surface area (Å²) in [6.07, 6.45) is 4.16. The lowest BCUT2D eigenvalue weighted by atomic mass is 10.1. The number of pyridine rings is 1. The van der Waals surface area contributed by atoms with E-state index in [1.165, 1.54) is 12.1 Å². The predicted octanol–water partition coefficient (Wildman–Crippen LogP) is 1.27. The first-order valence-electron chi connectivity index (χ1n) is 5.78. The monoisotopic (exact) mass is 221 g/mol. The SMILES string of the molecule is COc1cc(N2CCC(CCN)C2)ccn1. The van der Waals surface area contributed by atoms with Gasteiger partial charge in [0.15, 0.2) is 0 Å². The Labute approximate surface area is 96.4 Å². The number of ether oxygens (including phenoxy) is 1. The summed E-state index contributed by atoms with van der Waals surface area (Å²) < 4.78 is 5.13. The molecule has 2 N–H and O–H groups in total. The normalized spacial score (nSPS) is 20.1. The minimum Gasteiger partial charge on any atom is -0.481 e. The maximum atomic E-state index is 5.59. The second-order valence-electron chi connectivity index (χ2n) is 4.23. The fourth-order valence-electron chi connectivity index (χ4n) is 2.25. The van der Waals surface area contributed by atoms with Gasteiger partial charge >= 0.3 is 0 Å². The molecule has 1 aliphatic rings. The van der Waals surface area contributed by atoms with Crippen LogP contribution in [-0.4, -0.2) is 31.7 Å². The van der Waals surface area contributed by atoms with Crippen LogP contribution < -0.4 is 15.4 Å². The van der Waals surface area contributed by atoms with Gasteiger partial charge in [0, 0.05) is 31.0 Å². The minimum atomic E-state index is 0.680. The summed E-state index contributed by atoms with van der Waals surface area (Å²) in [5.74, 6) is 1.42. The van der Waals surface area contributed by atoms with Crippen LogP contribution in [0, 0.1) is 5.92 Å². The van der Waals surface area contributed by atoms with E-state index >= 15 is 0 Å². The third-order valence-electron chi connectivity index (χ3n) is 3.15. The van der Waals surface area contributed by atoms with Gasteiger partial charge in [0.1, 0.15) is 0 Å². The van der Waals surface area contributed by atoms with Crippen molar-refractivity contribution in [2.24, 2.45) is 11.7 Å². The van der Waals surface area contributed by atoms with Crippen molar-refractivity contribution in [2.45, 2.75) is 12.8 Å². The molecule has 1 unspecified atom stereocenters. The maximum Gasteiger partial charge on any atom is 0.214 e. The molecule has 4 nitrogen and oxygen atoms in total. The summed E-state index contributed by atoms with van der Waals surface area (Å²) in [7, 11) is 1.65. The highest BCUT2D eigenvalue weighted by Gasteiger charge is 2.22. The van der Waals surface area contributed by atoms with E-state index in [1.807, 2.05) is 12.1 Å². The Hall–Kier alpha value is -1.29. The van der Waals surface area contributed by atoms with Gasteiger partial charge in [-0.3, -0.25) is 0 Å². The highest BCUT2D eigenvalue weighted by molar-refractivity contribution is 5.48. The van der Waals surface area contributed by atoms with E-state index in [0.29, 0.717) is 5.88 Å². The first kappa shape index (κ1) is 11.2. The lowest BCUT2D eigenvalue weighted by molar-refractivity contribution is 0.398. The Kier molecular flexibility index (Phi) is 3.62. The van der Waals surface area contributed by atoms with Crippen LogP contribution in [0.15, 0.2) is 18.3 Å². The van der Waals surface area contributed by atoms with Crippen molar-refractivity contribution >= 4 is 5.69 Å². The first-order chi connectivity index (χ1) is 7.83. The molecule has 4 heteroatoms. The zero-order valence-electron chi connectivity index (χ0n) is 9.72. The molecule has 0 saturated carbocycles. The fourth-order valence-corrected chi connectivity index (χ4v) is 2.25. The molecule has 1 aromatic rings. The van der Waals surface area contributed by atoms with Crippen molar-refractivity contribution in [3.8, 4) is 5.88 Å². The van der Waals surface area contributed by atoms with E-state index in [4.69, 9.17) is 10.5 Å². The zero-order chi connectivity index (χ0) is 11.4. The highest BCUT2D eigenvalue weighted by Crippen LogP contribution is 2.26. The molecule has 16 heavy (non-hydrogen) atoms. The van der Waals surface area contributed by atoms with Crippen molar-refractivity contribution in [3.05, 3.63) is 18.3 Å². The van der Waals surface area contributed by atoms with Gasteiger partial charge in [-0.25, -0.2) is 4.98 Å². The molecule has 0 aliphatic carbocycles. The lowest BCUT2D eigenvalue weighted by Crippen LogP contribution is -2.20. The molecule has 1 saturated heterocycles. The molecule has 0 bridgehead atoms. The van der Waals surface area contributed by atoms with E-state index in [1.54, 1.807) is 13.3 Å². The van der Waals surface area contributed by atoms with Gasteiger partial charge in [0.2, 0.25) is 5.88 Å². The van der Waals surface area contributed by atoms with Crippen LogP contribution >= 0.6 is 0 Å². The fraction of sp³-hybridized carbons (Fsp3) is 0.583. The van der Waals surface area contributed by atoms with Crippen LogP contribution in [0.25, 0.3) is 0 Å². The second kappa shape index (κ2) is 5.16. The summed E-state index contributed by atoms with van der Waals surface area (Å²) in [6.45, 7) is 3.00. The Morgan fingerprint density at radius 2 is 2.50 bits per heavy atom. The molecule has 1 atom stereocenters. The molecule has 0 amide bonds. The number of rotatable bonds is 4. The van der Waals surface area contributed by atoms with E-state index in [0.717, 1.165) is 32.0 Å². The average molecular weight is 221 g/mol. The summed E-state index contributed by atoms with van der Waals surface area (Å²) in [5, 5.41) is 0. The van der Waals surface area contributed by atoms with Crippen LogP contribution in [0.1, 0.15) is 12.8 Å². The second-order valence-corrected chi connectivity index (χ2v) is 4.23. The molecule has 1 fully saturated rings. The molecule has 0 spiro atoms. The van der Waals surface area contributed by atoms with Gasteiger partial charge in [-0.05, 0) is 31.4 Å². The topological polar surface area (TPSA) is 51.4 Å². The molecule has 2 heterocycles. The highest BCUT2D eigenvalue weighted by atomic mass is 16.5. The van der Waals surface area contributed by atoms with E-state index in [-0.39, 0.29) is 0 Å². The molecule has 2 rings (SSSR count). The molecule has 88 valence electrons. The summed E-state index contributed by atoms with van der Waals surface area (Å²) in [6, 6.07) is 4.03. The smallest absolute Gasteiger partial charge is 0.214 e. The first-order valence-corrected chi connectivity index (χ1v) is 5.78. The summed E-state index contributed by atoms with van der Waals surface area (Å²) in [4.78, 5) is 6.50. The van der Waals surface area contributed by atoms with Crippen molar-refractivity contribution < 1.29 is 4.74 Å².